The first kappa shape index (κ1) is 14.8. The molecule has 0 radical (unpaired) electrons. The molecule has 2 aliphatic rings. The number of hydrogen-bond acceptors (Lipinski definition) is 3. The molecule has 0 spiro atoms. The second-order valence-corrected chi connectivity index (χ2v) is 6.46. The van der Waals surface area contributed by atoms with Crippen LogP contribution in [0, 0.1) is 5.92 Å². The molecule has 2 fully saturated rings. The molecular weight excluding hydrogens is 240 g/mol. The molecule has 1 aliphatic carbocycles. The maximum Gasteiger partial charge on any atom is 0.323 e. The summed E-state index contributed by atoms with van der Waals surface area (Å²) >= 11 is 0. The van der Waals surface area contributed by atoms with Gasteiger partial charge in [0.2, 0.25) is 0 Å². The summed E-state index contributed by atoms with van der Waals surface area (Å²) in [6.07, 6.45) is 7.54. The van der Waals surface area contributed by atoms with Gasteiger partial charge in [0.05, 0.1) is 0 Å². The van der Waals surface area contributed by atoms with Crippen LogP contribution in [0.25, 0.3) is 0 Å². The van der Waals surface area contributed by atoms with Crippen molar-refractivity contribution in [2.24, 2.45) is 5.92 Å². The van der Waals surface area contributed by atoms with Gasteiger partial charge in [0.15, 0.2) is 0 Å². The first-order valence-electron chi connectivity index (χ1n) is 7.74. The van der Waals surface area contributed by atoms with E-state index in [1.165, 1.54) is 19.3 Å². The zero-order chi connectivity index (χ0) is 13.9. The molecule has 1 saturated carbocycles. The quantitative estimate of drug-likeness (QED) is 0.823. The number of nitrogens with one attached hydrogen (secondary N) is 1. The van der Waals surface area contributed by atoms with Gasteiger partial charge in [-0.3, -0.25) is 4.79 Å². The summed E-state index contributed by atoms with van der Waals surface area (Å²) in [5.41, 5.74) is -0.694. The molecule has 2 rings (SSSR count). The third kappa shape index (κ3) is 3.29. The van der Waals surface area contributed by atoms with Crippen molar-refractivity contribution >= 4 is 5.97 Å². The molecule has 1 aliphatic heterocycles. The standard InChI is InChI=1S/C15H28N2O2/c1-12-5-4-9-17(10-7-12)13-6-3-8-15(11-13,16-2)14(18)19/h12-13,16H,3-11H2,1-2H3,(H,18,19). The molecule has 0 aromatic carbocycles. The van der Waals surface area contributed by atoms with Gasteiger partial charge in [-0.25, -0.2) is 0 Å². The van der Waals surface area contributed by atoms with E-state index in [-0.39, 0.29) is 0 Å². The summed E-state index contributed by atoms with van der Waals surface area (Å²) in [7, 11) is 1.79. The second-order valence-electron chi connectivity index (χ2n) is 6.46. The van der Waals surface area contributed by atoms with Gasteiger partial charge >= 0.3 is 5.97 Å². The van der Waals surface area contributed by atoms with Crippen LogP contribution in [0.5, 0.6) is 0 Å². The molecule has 3 atom stereocenters. The number of hydrogen-bond donors (Lipinski definition) is 2. The molecule has 4 heteroatoms. The van der Waals surface area contributed by atoms with E-state index in [0.717, 1.165) is 44.7 Å². The van der Waals surface area contributed by atoms with Crippen LogP contribution in [0.4, 0.5) is 0 Å². The minimum atomic E-state index is -0.694. The number of likely N-dealkylation sites (tertiary alicyclic amines) is 1. The normalized spacial score (nSPS) is 37.8. The SMILES string of the molecule is CNC1(C(=O)O)CCCC(N2CCCC(C)CC2)C1. The first-order chi connectivity index (χ1) is 9.07. The van der Waals surface area contributed by atoms with Crippen molar-refractivity contribution in [1.82, 2.24) is 10.2 Å². The maximum absolute atomic E-state index is 11.6. The van der Waals surface area contributed by atoms with E-state index in [1.54, 1.807) is 7.05 Å². The largest absolute Gasteiger partial charge is 0.480 e. The van der Waals surface area contributed by atoms with Crippen LogP contribution >= 0.6 is 0 Å². The highest BCUT2D eigenvalue weighted by Crippen LogP contribution is 2.33. The lowest BCUT2D eigenvalue weighted by molar-refractivity contribution is -0.147. The van der Waals surface area contributed by atoms with Gasteiger partial charge in [-0.05, 0) is 71.0 Å². The number of rotatable bonds is 3. The molecular formula is C15H28N2O2. The fourth-order valence-corrected chi connectivity index (χ4v) is 3.74. The van der Waals surface area contributed by atoms with Gasteiger partial charge in [-0.2, -0.15) is 0 Å². The summed E-state index contributed by atoms with van der Waals surface area (Å²) in [6, 6.07) is 0.447. The Kier molecular flexibility index (Phi) is 4.85. The lowest BCUT2D eigenvalue weighted by Gasteiger charge is -2.42. The van der Waals surface area contributed by atoms with Crippen molar-refractivity contribution in [2.75, 3.05) is 20.1 Å². The Labute approximate surface area is 116 Å². The fraction of sp³-hybridized carbons (Fsp3) is 0.933. The Morgan fingerprint density at radius 2 is 2.05 bits per heavy atom. The van der Waals surface area contributed by atoms with Crippen LogP contribution < -0.4 is 5.32 Å². The molecule has 3 unspecified atom stereocenters. The number of nitrogens with zero attached hydrogens (tertiary/aromatic N) is 1. The monoisotopic (exact) mass is 268 g/mol. The summed E-state index contributed by atoms with van der Waals surface area (Å²) in [4.78, 5) is 14.1. The molecule has 1 heterocycles. The number of likely N-dealkylation sites (N-methyl/N-ethyl adjacent to an activating group) is 1. The highest BCUT2D eigenvalue weighted by molar-refractivity contribution is 5.79. The van der Waals surface area contributed by atoms with E-state index in [1.807, 2.05) is 0 Å². The minimum absolute atomic E-state index is 0.447. The molecule has 0 aromatic rings. The van der Waals surface area contributed by atoms with Crippen molar-refractivity contribution in [1.29, 1.82) is 0 Å². The van der Waals surface area contributed by atoms with E-state index < -0.39 is 11.5 Å². The topological polar surface area (TPSA) is 52.6 Å². The minimum Gasteiger partial charge on any atom is -0.480 e. The Balaban J connectivity index is 2.02. The van der Waals surface area contributed by atoms with Gasteiger partial charge in [-0.1, -0.05) is 6.92 Å². The van der Waals surface area contributed by atoms with Gasteiger partial charge in [0.1, 0.15) is 5.54 Å². The number of aliphatic carboxylic acids is 1. The highest BCUT2D eigenvalue weighted by atomic mass is 16.4. The van der Waals surface area contributed by atoms with E-state index in [0.29, 0.717) is 6.04 Å². The van der Waals surface area contributed by atoms with Gasteiger partial charge in [-0.15, -0.1) is 0 Å². The zero-order valence-electron chi connectivity index (χ0n) is 12.3. The van der Waals surface area contributed by atoms with E-state index in [2.05, 4.69) is 17.1 Å². The summed E-state index contributed by atoms with van der Waals surface area (Å²) in [5, 5.41) is 12.6. The summed E-state index contributed by atoms with van der Waals surface area (Å²) in [5.74, 6) is 0.144. The van der Waals surface area contributed by atoms with E-state index >= 15 is 0 Å². The Morgan fingerprint density at radius 1 is 1.26 bits per heavy atom. The van der Waals surface area contributed by atoms with Crippen molar-refractivity contribution in [3.63, 3.8) is 0 Å². The predicted octanol–water partition coefficient (Wildman–Crippen LogP) is 2.09. The zero-order valence-corrected chi connectivity index (χ0v) is 12.3. The van der Waals surface area contributed by atoms with Crippen LogP contribution in [0.3, 0.4) is 0 Å². The second kappa shape index (κ2) is 6.23. The first-order valence-corrected chi connectivity index (χ1v) is 7.74. The summed E-state index contributed by atoms with van der Waals surface area (Å²) in [6.45, 7) is 4.62. The molecule has 0 aromatic heterocycles. The number of carboxylic acid groups (broad SMARTS) is 1. The van der Waals surface area contributed by atoms with Crippen LogP contribution in [0.2, 0.25) is 0 Å². The average molecular weight is 268 g/mol. The van der Waals surface area contributed by atoms with Crippen molar-refractivity contribution in [3.05, 3.63) is 0 Å². The smallest absolute Gasteiger partial charge is 0.323 e. The van der Waals surface area contributed by atoms with E-state index in [9.17, 15) is 9.90 Å². The molecule has 0 amide bonds. The Hall–Kier alpha value is -0.610. The van der Waals surface area contributed by atoms with Gasteiger partial charge in [0.25, 0.3) is 0 Å². The van der Waals surface area contributed by atoms with Crippen molar-refractivity contribution in [3.8, 4) is 0 Å². The van der Waals surface area contributed by atoms with Crippen LogP contribution in [-0.4, -0.2) is 47.7 Å². The lowest BCUT2D eigenvalue weighted by Crippen LogP contribution is -2.57. The number of carbonyl (C=O) groups is 1. The lowest BCUT2D eigenvalue weighted by atomic mass is 9.78. The highest BCUT2D eigenvalue weighted by Gasteiger charge is 2.43. The van der Waals surface area contributed by atoms with E-state index in [4.69, 9.17) is 0 Å². The molecule has 110 valence electrons. The Morgan fingerprint density at radius 3 is 2.74 bits per heavy atom. The van der Waals surface area contributed by atoms with Crippen LogP contribution in [-0.2, 0) is 4.79 Å². The molecule has 1 saturated heterocycles. The third-order valence-electron chi connectivity index (χ3n) is 5.18. The summed E-state index contributed by atoms with van der Waals surface area (Å²) < 4.78 is 0. The van der Waals surface area contributed by atoms with Crippen molar-refractivity contribution in [2.45, 2.75) is 63.5 Å². The molecule has 4 nitrogen and oxygen atoms in total. The molecule has 2 N–H and O–H groups in total. The molecule has 0 bridgehead atoms. The number of carboxylic acids is 1. The maximum atomic E-state index is 11.6. The van der Waals surface area contributed by atoms with Crippen molar-refractivity contribution < 1.29 is 9.90 Å². The van der Waals surface area contributed by atoms with Crippen LogP contribution in [0.15, 0.2) is 0 Å². The third-order valence-corrected chi connectivity index (χ3v) is 5.18. The molecule has 19 heavy (non-hydrogen) atoms. The fourth-order valence-electron chi connectivity index (χ4n) is 3.74. The average Bonchev–Trinajstić information content (AvgIpc) is 2.63. The van der Waals surface area contributed by atoms with Crippen LogP contribution in [0.1, 0.15) is 51.9 Å². The van der Waals surface area contributed by atoms with Gasteiger partial charge < -0.3 is 15.3 Å². The van der Waals surface area contributed by atoms with Gasteiger partial charge in [0, 0.05) is 6.04 Å². The Bertz CT molecular complexity index is 321. The predicted molar refractivity (Wildman–Crippen MR) is 76.3 cm³/mol.